The summed E-state index contributed by atoms with van der Waals surface area (Å²) in [5, 5.41) is 0. The number of benzene rings is 2. The molecule has 3 heterocycles. The van der Waals surface area contributed by atoms with Crippen LogP contribution in [0.2, 0.25) is 0 Å². The van der Waals surface area contributed by atoms with Gasteiger partial charge in [0.05, 0.1) is 45.1 Å². The number of ether oxygens (including phenoxy) is 6. The van der Waals surface area contributed by atoms with Gasteiger partial charge in [0.2, 0.25) is 0 Å². The van der Waals surface area contributed by atoms with Crippen LogP contribution >= 0.6 is 15.9 Å². The first-order valence-electron chi connectivity index (χ1n) is 25.1. The average Bonchev–Trinajstić information content (AvgIpc) is 3.45. The van der Waals surface area contributed by atoms with Crippen LogP contribution in [-0.2, 0) is 56.9 Å². The molecule has 2 aromatic rings. The lowest BCUT2D eigenvalue weighted by Gasteiger charge is -2.45. The molecule has 0 unspecified atom stereocenters. The van der Waals surface area contributed by atoms with Gasteiger partial charge in [-0.3, -0.25) is 19.2 Å². The zero-order chi connectivity index (χ0) is 53.4. The third kappa shape index (κ3) is 14.3. The van der Waals surface area contributed by atoms with E-state index in [0.29, 0.717) is 0 Å². The van der Waals surface area contributed by atoms with Crippen molar-refractivity contribution in [2.75, 3.05) is 13.2 Å². The smallest absolute Gasteiger partial charge is 0.462 e. The highest BCUT2D eigenvalue weighted by Crippen LogP contribution is 2.45. The van der Waals surface area contributed by atoms with E-state index in [1.54, 1.807) is 0 Å². The molecule has 0 spiro atoms. The zero-order valence-corrected chi connectivity index (χ0v) is 48.1. The van der Waals surface area contributed by atoms with Crippen LogP contribution in [0.5, 0.6) is 0 Å². The Morgan fingerprint density at radius 3 is 1.21 bits per heavy atom. The predicted molar refractivity (Wildman–Crippen MR) is 277 cm³/mol. The van der Waals surface area contributed by atoms with Crippen molar-refractivity contribution in [3.05, 3.63) is 63.1 Å². The van der Waals surface area contributed by atoms with E-state index in [9.17, 15) is 19.2 Å². The van der Waals surface area contributed by atoms with Crippen molar-refractivity contribution in [2.45, 2.75) is 200 Å². The fourth-order valence-electron chi connectivity index (χ4n) is 8.41. The highest BCUT2D eigenvalue weighted by molar-refractivity contribution is 9.10. The van der Waals surface area contributed by atoms with Gasteiger partial charge in [-0.25, -0.2) is 0 Å². The number of hydrogen-bond acceptors (Lipinski definition) is 12. The van der Waals surface area contributed by atoms with Crippen LogP contribution in [-0.4, -0.2) is 79.8 Å². The van der Waals surface area contributed by atoms with Gasteiger partial charge in [0.1, 0.15) is 37.6 Å². The van der Waals surface area contributed by atoms with Crippen molar-refractivity contribution in [2.24, 2.45) is 45.3 Å². The molecule has 392 valence electrons. The van der Waals surface area contributed by atoms with Crippen LogP contribution in [0, 0.1) is 59.2 Å². The summed E-state index contributed by atoms with van der Waals surface area (Å²) in [6.07, 6.45) is -2.64. The molecule has 2 aromatic carbocycles. The summed E-state index contributed by atoms with van der Waals surface area (Å²) >= 11 is 3.52. The minimum atomic E-state index is -0.660. The number of hydrogen-bond donors (Lipinski definition) is 0. The molecule has 0 amide bonds. The molecule has 14 heteroatoms. The van der Waals surface area contributed by atoms with Gasteiger partial charge >= 0.3 is 31.0 Å². The monoisotopic (exact) mass is 1040 g/mol. The van der Waals surface area contributed by atoms with Gasteiger partial charge < -0.3 is 37.7 Å². The average molecular weight is 1040 g/mol. The molecule has 0 N–H and O–H groups in total. The van der Waals surface area contributed by atoms with Gasteiger partial charge in [-0.1, -0.05) is 67.9 Å². The van der Waals surface area contributed by atoms with E-state index >= 15 is 0 Å². The highest BCUT2D eigenvalue weighted by atomic mass is 79.9. The molecular weight excluding hydrogens is 955 g/mol. The Kier molecular flexibility index (Phi) is 18.7. The summed E-state index contributed by atoms with van der Waals surface area (Å²) in [6, 6.07) is 12.3. The van der Waals surface area contributed by atoms with Crippen LogP contribution in [0.1, 0.15) is 173 Å². The lowest BCUT2D eigenvalue weighted by atomic mass is 9.75. The molecule has 12 nitrogen and oxygen atoms in total. The van der Waals surface area contributed by atoms with Crippen LogP contribution in [0.3, 0.4) is 0 Å². The second-order valence-corrected chi connectivity index (χ2v) is 26.2. The van der Waals surface area contributed by atoms with Crippen molar-refractivity contribution in [3.63, 3.8) is 0 Å². The minimum Gasteiger partial charge on any atom is -0.462 e. The van der Waals surface area contributed by atoms with Gasteiger partial charge in [0.15, 0.2) is 0 Å². The van der Waals surface area contributed by atoms with Crippen LogP contribution in [0.4, 0.5) is 0 Å². The maximum absolute atomic E-state index is 12.9. The number of esters is 4. The van der Waals surface area contributed by atoms with Crippen molar-refractivity contribution in [1.29, 1.82) is 0 Å². The first-order chi connectivity index (χ1) is 31.8. The Balaban J connectivity index is 0.000000313. The Morgan fingerprint density at radius 1 is 0.543 bits per heavy atom. The van der Waals surface area contributed by atoms with Gasteiger partial charge in [0, 0.05) is 16.3 Å². The first kappa shape index (κ1) is 59.3. The second kappa shape index (κ2) is 22.0. The summed E-state index contributed by atoms with van der Waals surface area (Å²) < 4.78 is 49.9. The van der Waals surface area contributed by atoms with Gasteiger partial charge in [-0.2, -0.15) is 0 Å². The molecule has 0 bridgehead atoms. The Hall–Kier alpha value is -3.30. The molecule has 3 fully saturated rings. The molecule has 10 atom stereocenters. The van der Waals surface area contributed by atoms with E-state index in [-0.39, 0.29) is 73.0 Å². The van der Waals surface area contributed by atoms with E-state index in [4.69, 9.17) is 37.7 Å². The van der Waals surface area contributed by atoms with E-state index in [1.807, 2.05) is 123 Å². The largest absolute Gasteiger partial charge is 0.494 e. The first-order valence-corrected chi connectivity index (χ1v) is 25.9. The molecular formula is C56H86BBrO12. The summed E-state index contributed by atoms with van der Waals surface area (Å²) in [5.74, 6) is -1.08. The third-order valence-electron chi connectivity index (χ3n) is 14.4. The lowest BCUT2D eigenvalue weighted by molar-refractivity contribution is -0.215. The van der Waals surface area contributed by atoms with Crippen LogP contribution in [0.15, 0.2) is 40.9 Å². The topological polar surface area (TPSA) is 142 Å². The normalized spacial score (nSPS) is 28.0. The van der Waals surface area contributed by atoms with E-state index in [0.717, 1.165) is 32.2 Å². The Morgan fingerprint density at radius 2 is 0.886 bits per heavy atom. The van der Waals surface area contributed by atoms with E-state index in [2.05, 4.69) is 81.7 Å². The van der Waals surface area contributed by atoms with E-state index in [1.165, 1.54) is 0 Å². The molecule has 70 heavy (non-hydrogen) atoms. The summed E-state index contributed by atoms with van der Waals surface area (Å²) in [4.78, 5) is 50.5. The van der Waals surface area contributed by atoms with Crippen molar-refractivity contribution in [1.82, 2.24) is 0 Å². The zero-order valence-electron chi connectivity index (χ0n) is 46.5. The second-order valence-electron chi connectivity index (χ2n) is 25.3. The number of carbonyl (C=O) groups is 4. The fourth-order valence-corrected chi connectivity index (χ4v) is 8.88. The number of carbonyl (C=O) groups excluding carboxylic acids is 4. The Labute approximate surface area is 429 Å². The van der Waals surface area contributed by atoms with Crippen molar-refractivity contribution in [3.8, 4) is 0 Å². The molecule has 0 aliphatic carbocycles. The number of aryl methyl sites for hydroxylation is 2. The fraction of sp³-hybridized carbons (Fsp3) is 0.714. The molecule has 3 saturated heterocycles. The highest BCUT2D eigenvalue weighted by Gasteiger charge is 2.52. The standard InChI is InChI=1S/C31H49BO7.C25H37BrO5/c1-18-16-21(32-38-30(10,11)31(12,13)39-32)14-15-22(18)24-19(2)20(3)25(37-27(34)29(7,8)9)23(36-24)17-35-26(33)28(4,5)6;1-14-12-17(26)10-11-18(14)20-15(2)16(3)21(31-23(28)25(7,8)9)19(30-20)13-29-22(27)24(4,5)6/h14-16,19-20,23-25H,17H2,1-13H3;10-12,15-16,19-21H,13H2,1-9H3/t19-,20+,23+,24-,25-;15-,16+,19+,20-,21-/m00/s1. The van der Waals surface area contributed by atoms with E-state index < -0.39 is 64.4 Å². The Bertz CT molecular complexity index is 2160. The molecule has 0 radical (unpaired) electrons. The minimum absolute atomic E-state index is 0.0107. The number of rotatable bonds is 9. The predicted octanol–water partition coefficient (Wildman–Crippen LogP) is 11.6. The van der Waals surface area contributed by atoms with Crippen LogP contribution < -0.4 is 5.46 Å². The summed E-state index contributed by atoms with van der Waals surface area (Å²) in [5.41, 5.74) is 1.88. The maximum atomic E-state index is 12.9. The molecule has 5 rings (SSSR count). The van der Waals surface area contributed by atoms with Gasteiger partial charge in [-0.15, -0.1) is 0 Å². The molecule has 0 aromatic heterocycles. The molecule has 0 saturated carbocycles. The van der Waals surface area contributed by atoms with Crippen molar-refractivity contribution >= 4 is 52.4 Å². The summed E-state index contributed by atoms with van der Waals surface area (Å²) in [7, 11) is -0.447. The molecule has 3 aliphatic heterocycles. The number of halogens is 1. The van der Waals surface area contributed by atoms with Crippen LogP contribution in [0.25, 0.3) is 0 Å². The summed E-state index contributed by atoms with van der Waals surface area (Å²) in [6.45, 7) is 42.6. The quantitative estimate of drug-likeness (QED) is 0.134. The van der Waals surface area contributed by atoms with Gasteiger partial charge in [0.25, 0.3) is 0 Å². The third-order valence-corrected chi connectivity index (χ3v) is 14.9. The lowest BCUT2D eigenvalue weighted by Crippen LogP contribution is -2.51. The SMILES string of the molecule is Cc1cc(B2OC(C)(C)C(C)(C)O2)ccc1[C@H]1O[C@H](COC(=O)C(C)(C)C)[C@@H](OC(=O)C(C)(C)C)[C@H](C)[C@@H]1C.Cc1cc(Br)ccc1[C@H]1O[C@H](COC(=O)C(C)(C)C)[C@@H](OC(=O)C(C)(C)C)[C@H](C)[C@@H]1C. The molecule has 3 aliphatic rings. The van der Waals surface area contributed by atoms with Crippen molar-refractivity contribution < 1.29 is 56.9 Å². The maximum Gasteiger partial charge on any atom is 0.494 e. The van der Waals surface area contributed by atoms with Gasteiger partial charge in [-0.05, 0) is 176 Å².